The van der Waals surface area contributed by atoms with Gasteiger partial charge in [-0.3, -0.25) is 14.2 Å². The molecule has 0 aromatic heterocycles. The molecule has 0 heterocycles. The Morgan fingerprint density at radius 3 is 1.32 bits per heavy atom. The Morgan fingerprint density at radius 1 is 0.486 bits per heavy atom. The monoisotopic (exact) mass is 1050 g/mol. The Labute approximate surface area is 456 Å². The van der Waals surface area contributed by atoms with E-state index in [-0.39, 0.29) is 18.9 Å². The molecule has 10 heteroatoms. The van der Waals surface area contributed by atoms with Crippen LogP contribution in [-0.2, 0) is 27.9 Å². The molecule has 0 aromatic carbocycles. The topological polar surface area (TPSA) is 114 Å². The number of hydrogen-bond acceptors (Lipinski definition) is 7. The van der Waals surface area contributed by atoms with Crippen LogP contribution in [0.4, 0.5) is 0 Å². The lowest BCUT2D eigenvalue weighted by Crippen LogP contribution is -2.47. The molecule has 0 rings (SSSR count). The third-order valence-corrected chi connectivity index (χ3v) is 13.7. The standard InChI is InChI=1S/C64H113N2O7P/c1-7-10-13-16-19-22-25-28-30-32-33-35-37-39-42-45-48-51-54-57-64(68)73-62(55-52-49-46-43-40-27-24-21-18-15-12-9-3)61(60-72-74(69,70)71-59-58-66(4,5)6)65-63(67)56-53-50-47-44-41-38-36-34-31-29-26-23-20-17-14-11-8-2/h10,13,19,22,28-31,33,35,39,42,48,51-52,55,61-62H,7-9,11-12,14-18,20-21,23-27,32,34,36-38,40-41,43-47,49-50,53-54,56-60H2,1-6H3,(H-,65,67,69,70)/b13-10-,22-19-,30-28-,31-29+,35-33-,42-39-,51-48-,55-52+. The number of unbranched alkanes of at least 4 members (excludes halogenated alkanes) is 23. The van der Waals surface area contributed by atoms with Crippen molar-refractivity contribution in [2.45, 2.75) is 258 Å². The summed E-state index contributed by atoms with van der Waals surface area (Å²) in [6.07, 6.45) is 71.0. The third kappa shape index (κ3) is 53.7. The van der Waals surface area contributed by atoms with Crippen molar-refractivity contribution >= 4 is 19.7 Å². The van der Waals surface area contributed by atoms with Crippen molar-refractivity contribution < 1.29 is 37.3 Å². The molecule has 0 spiro atoms. The van der Waals surface area contributed by atoms with Gasteiger partial charge in [-0.05, 0) is 96.0 Å². The lowest BCUT2D eigenvalue weighted by atomic mass is 10.0. The van der Waals surface area contributed by atoms with Crippen LogP contribution in [0.15, 0.2) is 97.2 Å². The first-order valence-corrected chi connectivity index (χ1v) is 31.5. The average molecular weight is 1050 g/mol. The summed E-state index contributed by atoms with van der Waals surface area (Å²) in [6, 6.07) is -0.926. The molecule has 3 atom stereocenters. The number of allylic oxidation sites excluding steroid dienone is 15. The van der Waals surface area contributed by atoms with Crippen molar-refractivity contribution in [3.05, 3.63) is 97.2 Å². The summed E-state index contributed by atoms with van der Waals surface area (Å²) in [5, 5.41) is 3.00. The fraction of sp³-hybridized carbons (Fsp3) is 0.719. The van der Waals surface area contributed by atoms with E-state index in [4.69, 9.17) is 13.8 Å². The summed E-state index contributed by atoms with van der Waals surface area (Å²) >= 11 is 0. The fourth-order valence-electron chi connectivity index (χ4n) is 8.13. The minimum Gasteiger partial charge on any atom is -0.756 e. The molecule has 1 N–H and O–H groups in total. The van der Waals surface area contributed by atoms with Gasteiger partial charge in [-0.2, -0.15) is 0 Å². The van der Waals surface area contributed by atoms with E-state index in [1.807, 2.05) is 39.4 Å². The second-order valence-electron chi connectivity index (χ2n) is 21.1. The number of nitrogens with one attached hydrogen (secondary N) is 1. The van der Waals surface area contributed by atoms with Crippen molar-refractivity contribution in [3.8, 4) is 0 Å². The van der Waals surface area contributed by atoms with Gasteiger partial charge in [0, 0.05) is 12.8 Å². The minimum atomic E-state index is -4.72. The lowest BCUT2D eigenvalue weighted by Gasteiger charge is -2.30. The molecule has 0 saturated heterocycles. The predicted molar refractivity (Wildman–Crippen MR) is 316 cm³/mol. The molecular weight excluding hydrogens is 940 g/mol. The number of quaternary nitrogens is 1. The van der Waals surface area contributed by atoms with Gasteiger partial charge in [0.1, 0.15) is 19.3 Å². The lowest BCUT2D eigenvalue weighted by molar-refractivity contribution is -0.870. The Morgan fingerprint density at radius 2 is 0.878 bits per heavy atom. The zero-order chi connectivity index (χ0) is 54.3. The molecule has 0 aromatic rings. The molecule has 1 amide bonds. The normalized spacial score (nSPS) is 14.4. The van der Waals surface area contributed by atoms with Crippen molar-refractivity contribution in [2.24, 2.45) is 0 Å². The van der Waals surface area contributed by atoms with Gasteiger partial charge >= 0.3 is 5.97 Å². The first-order chi connectivity index (χ1) is 35.9. The highest BCUT2D eigenvalue weighted by Gasteiger charge is 2.27. The molecule has 0 radical (unpaired) electrons. The zero-order valence-corrected chi connectivity index (χ0v) is 49.4. The predicted octanol–water partition coefficient (Wildman–Crippen LogP) is 17.8. The van der Waals surface area contributed by atoms with Gasteiger partial charge in [0.2, 0.25) is 5.91 Å². The van der Waals surface area contributed by atoms with Gasteiger partial charge in [-0.25, -0.2) is 0 Å². The first-order valence-electron chi connectivity index (χ1n) is 30.0. The highest BCUT2D eigenvalue weighted by molar-refractivity contribution is 7.45. The van der Waals surface area contributed by atoms with Gasteiger partial charge in [-0.15, -0.1) is 0 Å². The number of ether oxygens (including phenoxy) is 1. The Hall–Kier alpha value is -3.07. The summed E-state index contributed by atoms with van der Waals surface area (Å²) < 4.78 is 30.2. The van der Waals surface area contributed by atoms with E-state index in [0.717, 1.165) is 89.9 Å². The number of hydrogen-bond donors (Lipinski definition) is 1. The molecule has 0 aliphatic carbocycles. The summed E-state index contributed by atoms with van der Waals surface area (Å²) in [7, 11) is 1.13. The van der Waals surface area contributed by atoms with E-state index in [9.17, 15) is 19.0 Å². The highest BCUT2D eigenvalue weighted by Crippen LogP contribution is 2.38. The summed E-state index contributed by atoms with van der Waals surface area (Å²) in [5.41, 5.74) is 0. The van der Waals surface area contributed by atoms with Crippen LogP contribution >= 0.6 is 7.82 Å². The summed E-state index contributed by atoms with van der Waals surface area (Å²) in [4.78, 5) is 39.9. The van der Waals surface area contributed by atoms with E-state index >= 15 is 0 Å². The number of nitrogens with zero attached hydrogens (tertiary/aromatic N) is 1. The number of likely N-dealkylation sites (N-methyl/N-ethyl adjacent to an activating group) is 1. The van der Waals surface area contributed by atoms with Crippen LogP contribution in [0.3, 0.4) is 0 Å². The Balaban J connectivity index is 5.43. The molecule has 0 bridgehead atoms. The molecular formula is C64H113N2O7P. The SMILES string of the molecule is CC/C=C\C/C=C\C/C=C\C/C=C\C/C=C\C/C=C\CCC(=O)OC(/C=C/CCCCCCCCCCCC)C(COP(=O)([O-])OCC[N+](C)(C)C)NC(=O)CCCCCCCCC/C=C/CCCCCCCC. The second kappa shape index (κ2) is 53.3. The van der Waals surface area contributed by atoms with E-state index in [1.165, 1.54) is 116 Å². The van der Waals surface area contributed by atoms with Crippen LogP contribution in [0.25, 0.3) is 0 Å². The third-order valence-electron chi connectivity index (χ3n) is 12.8. The number of rotatable bonds is 53. The van der Waals surface area contributed by atoms with Crippen LogP contribution < -0.4 is 10.2 Å². The van der Waals surface area contributed by atoms with Crippen LogP contribution in [0, 0.1) is 0 Å². The van der Waals surface area contributed by atoms with Gasteiger partial charge < -0.3 is 28.5 Å². The first kappa shape index (κ1) is 70.9. The zero-order valence-electron chi connectivity index (χ0n) is 48.5. The second-order valence-corrected chi connectivity index (χ2v) is 22.5. The largest absolute Gasteiger partial charge is 0.756 e. The van der Waals surface area contributed by atoms with Crippen molar-refractivity contribution in [3.63, 3.8) is 0 Å². The highest BCUT2D eigenvalue weighted by atomic mass is 31.2. The van der Waals surface area contributed by atoms with E-state index < -0.39 is 32.5 Å². The van der Waals surface area contributed by atoms with Crippen LogP contribution in [0.2, 0.25) is 0 Å². The number of carbonyl (C=O) groups is 2. The van der Waals surface area contributed by atoms with Crippen molar-refractivity contribution in [2.75, 3.05) is 40.9 Å². The van der Waals surface area contributed by atoms with E-state index in [0.29, 0.717) is 23.9 Å². The maximum Gasteiger partial charge on any atom is 0.306 e. The quantitative estimate of drug-likeness (QED) is 0.0212. The van der Waals surface area contributed by atoms with Crippen LogP contribution in [0.1, 0.15) is 245 Å². The molecule has 0 saturated carbocycles. The summed E-state index contributed by atoms with van der Waals surface area (Å²) in [5.74, 6) is -0.647. The number of carbonyl (C=O) groups excluding carboxylic acids is 2. The molecule has 426 valence electrons. The minimum absolute atomic E-state index is 0.0383. The maximum atomic E-state index is 13.5. The average Bonchev–Trinajstić information content (AvgIpc) is 3.36. The molecule has 0 fully saturated rings. The van der Waals surface area contributed by atoms with E-state index in [1.54, 1.807) is 6.08 Å². The van der Waals surface area contributed by atoms with Gasteiger partial charge in [0.05, 0.1) is 33.8 Å². The number of phosphoric acid groups is 1. The molecule has 0 aliphatic rings. The van der Waals surface area contributed by atoms with Gasteiger partial charge in [-0.1, -0.05) is 234 Å². The van der Waals surface area contributed by atoms with Crippen molar-refractivity contribution in [1.29, 1.82) is 0 Å². The molecule has 74 heavy (non-hydrogen) atoms. The van der Waals surface area contributed by atoms with Crippen LogP contribution in [0.5, 0.6) is 0 Å². The number of amides is 1. The van der Waals surface area contributed by atoms with Gasteiger partial charge in [0.25, 0.3) is 7.82 Å². The molecule has 3 unspecified atom stereocenters. The molecule has 0 aliphatic heterocycles. The van der Waals surface area contributed by atoms with Crippen LogP contribution in [-0.4, -0.2) is 69.4 Å². The Kier molecular flexibility index (Phi) is 51.1. The Bertz CT molecular complexity index is 1590. The maximum absolute atomic E-state index is 13.5. The number of phosphoric ester groups is 1. The smallest absolute Gasteiger partial charge is 0.306 e. The van der Waals surface area contributed by atoms with Gasteiger partial charge in [0.15, 0.2) is 0 Å². The number of esters is 1. The molecule has 9 nitrogen and oxygen atoms in total. The summed E-state index contributed by atoms with van der Waals surface area (Å²) in [6.45, 7) is 6.66. The fourth-order valence-corrected chi connectivity index (χ4v) is 8.85. The van der Waals surface area contributed by atoms with Crippen molar-refractivity contribution in [1.82, 2.24) is 5.32 Å². The van der Waals surface area contributed by atoms with E-state index in [2.05, 4.69) is 99.0 Å².